The Balaban J connectivity index is 1.72. The molecular formula is C17H23N5O2S. The number of nitrogens with two attached hydrogens (primary N) is 1. The van der Waals surface area contributed by atoms with Gasteiger partial charge in [0.2, 0.25) is 0 Å². The lowest BCUT2D eigenvalue weighted by Crippen LogP contribution is -2.41. The molecule has 1 saturated heterocycles. The van der Waals surface area contributed by atoms with E-state index in [0.29, 0.717) is 11.6 Å². The third-order valence-corrected chi connectivity index (χ3v) is 5.41. The summed E-state index contributed by atoms with van der Waals surface area (Å²) in [6, 6.07) is 3.72. The Kier molecular flexibility index (Phi) is 5.62. The molecule has 3 heterocycles. The Morgan fingerprint density at radius 1 is 1.40 bits per heavy atom. The van der Waals surface area contributed by atoms with E-state index in [0.717, 1.165) is 54.8 Å². The number of rotatable bonds is 6. The standard InChI is InChI=1S/C17H23N5O2S/c1-12(23)14-3-4-15(25-14)13-11-19-16(18)17(20-13)21(2)5-6-22-7-9-24-10-8-22/h3-4,11H,5-10H2,1-2H3,(H2,18,19). The van der Waals surface area contributed by atoms with Gasteiger partial charge in [-0.25, -0.2) is 9.97 Å². The van der Waals surface area contributed by atoms with Crippen molar-refractivity contribution in [2.75, 3.05) is 57.1 Å². The number of ketones is 1. The predicted molar refractivity (Wildman–Crippen MR) is 100 cm³/mol. The summed E-state index contributed by atoms with van der Waals surface area (Å²) >= 11 is 1.42. The first-order chi connectivity index (χ1) is 12.0. The summed E-state index contributed by atoms with van der Waals surface area (Å²) in [7, 11) is 1.97. The molecule has 0 radical (unpaired) electrons. The second-order valence-electron chi connectivity index (χ2n) is 6.06. The van der Waals surface area contributed by atoms with Crippen molar-refractivity contribution in [2.45, 2.75) is 6.92 Å². The van der Waals surface area contributed by atoms with Crippen LogP contribution in [0.5, 0.6) is 0 Å². The van der Waals surface area contributed by atoms with Crippen LogP contribution in [0.4, 0.5) is 11.6 Å². The molecule has 1 fully saturated rings. The largest absolute Gasteiger partial charge is 0.381 e. The number of morpholine rings is 1. The number of likely N-dealkylation sites (N-methyl/N-ethyl adjacent to an activating group) is 1. The maximum Gasteiger partial charge on any atom is 0.171 e. The van der Waals surface area contributed by atoms with Crippen molar-refractivity contribution in [3.05, 3.63) is 23.2 Å². The Labute approximate surface area is 151 Å². The fourth-order valence-corrected chi connectivity index (χ4v) is 3.53. The van der Waals surface area contributed by atoms with E-state index in [1.807, 2.05) is 24.1 Å². The third kappa shape index (κ3) is 4.33. The van der Waals surface area contributed by atoms with Gasteiger partial charge in [0.15, 0.2) is 17.4 Å². The molecule has 0 atom stereocenters. The van der Waals surface area contributed by atoms with Crippen molar-refractivity contribution < 1.29 is 9.53 Å². The highest BCUT2D eigenvalue weighted by Crippen LogP contribution is 2.29. The number of ether oxygens (including phenoxy) is 1. The van der Waals surface area contributed by atoms with Crippen LogP contribution in [0.1, 0.15) is 16.6 Å². The lowest BCUT2D eigenvalue weighted by atomic mass is 10.3. The van der Waals surface area contributed by atoms with Gasteiger partial charge in [-0.3, -0.25) is 9.69 Å². The predicted octanol–water partition coefficient (Wildman–Crippen LogP) is 1.76. The monoisotopic (exact) mass is 361 g/mol. The molecule has 0 amide bonds. The first-order valence-corrected chi connectivity index (χ1v) is 9.11. The summed E-state index contributed by atoms with van der Waals surface area (Å²) in [6.07, 6.45) is 1.66. The molecule has 134 valence electrons. The summed E-state index contributed by atoms with van der Waals surface area (Å²) in [4.78, 5) is 26.5. The summed E-state index contributed by atoms with van der Waals surface area (Å²) in [5, 5.41) is 0. The second-order valence-corrected chi connectivity index (χ2v) is 7.14. The first-order valence-electron chi connectivity index (χ1n) is 8.29. The summed E-state index contributed by atoms with van der Waals surface area (Å²) < 4.78 is 5.37. The van der Waals surface area contributed by atoms with Crippen LogP contribution in [0.3, 0.4) is 0 Å². The molecule has 2 aromatic rings. The van der Waals surface area contributed by atoms with Crippen molar-refractivity contribution in [1.29, 1.82) is 0 Å². The van der Waals surface area contributed by atoms with E-state index in [4.69, 9.17) is 10.5 Å². The number of carbonyl (C=O) groups excluding carboxylic acids is 1. The number of thiophene rings is 1. The molecular weight excluding hydrogens is 338 g/mol. The number of hydrogen-bond donors (Lipinski definition) is 1. The Morgan fingerprint density at radius 2 is 2.16 bits per heavy atom. The van der Waals surface area contributed by atoms with Gasteiger partial charge in [-0.2, -0.15) is 0 Å². The van der Waals surface area contributed by atoms with E-state index in [-0.39, 0.29) is 5.78 Å². The third-order valence-electron chi connectivity index (χ3n) is 4.20. The summed E-state index contributed by atoms with van der Waals surface area (Å²) in [6.45, 7) is 6.80. The molecule has 0 saturated carbocycles. The smallest absolute Gasteiger partial charge is 0.171 e. The molecule has 0 aliphatic carbocycles. The number of carbonyl (C=O) groups is 1. The molecule has 1 aliphatic rings. The van der Waals surface area contributed by atoms with E-state index < -0.39 is 0 Å². The number of anilines is 2. The molecule has 2 aromatic heterocycles. The highest BCUT2D eigenvalue weighted by molar-refractivity contribution is 7.17. The highest BCUT2D eigenvalue weighted by atomic mass is 32.1. The lowest BCUT2D eigenvalue weighted by Gasteiger charge is -2.29. The van der Waals surface area contributed by atoms with Gasteiger partial charge < -0.3 is 15.4 Å². The van der Waals surface area contributed by atoms with Crippen molar-refractivity contribution in [3.8, 4) is 10.6 Å². The average molecular weight is 361 g/mol. The molecule has 2 N–H and O–H groups in total. The van der Waals surface area contributed by atoms with Gasteiger partial charge in [0.05, 0.1) is 29.2 Å². The normalized spacial score (nSPS) is 15.3. The van der Waals surface area contributed by atoms with Gasteiger partial charge in [0.1, 0.15) is 5.69 Å². The van der Waals surface area contributed by atoms with Crippen LogP contribution >= 0.6 is 11.3 Å². The molecule has 25 heavy (non-hydrogen) atoms. The number of nitrogens with zero attached hydrogens (tertiary/aromatic N) is 4. The maximum absolute atomic E-state index is 11.5. The van der Waals surface area contributed by atoms with Gasteiger partial charge in [-0.15, -0.1) is 11.3 Å². The first kappa shape index (κ1) is 17.8. The Bertz CT molecular complexity index is 742. The molecule has 7 nitrogen and oxygen atoms in total. The average Bonchev–Trinajstić information content (AvgIpc) is 3.11. The minimum Gasteiger partial charge on any atom is -0.381 e. The SMILES string of the molecule is CC(=O)c1ccc(-c2cnc(N)c(N(C)CCN3CCOCC3)n2)s1. The summed E-state index contributed by atoms with van der Waals surface area (Å²) in [5.74, 6) is 1.14. The van der Waals surface area contributed by atoms with E-state index in [2.05, 4.69) is 14.9 Å². The quantitative estimate of drug-likeness (QED) is 0.785. The fourth-order valence-electron chi connectivity index (χ4n) is 2.68. The van der Waals surface area contributed by atoms with Crippen LogP contribution in [0, 0.1) is 0 Å². The maximum atomic E-state index is 11.5. The van der Waals surface area contributed by atoms with Crippen LogP contribution < -0.4 is 10.6 Å². The van der Waals surface area contributed by atoms with E-state index in [9.17, 15) is 4.79 Å². The van der Waals surface area contributed by atoms with Gasteiger partial charge in [0.25, 0.3) is 0 Å². The number of hydrogen-bond acceptors (Lipinski definition) is 8. The number of aromatic nitrogens is 2. The van der Waals surface area contributed by atoms with Gasteiger partial charge in [-0.05, 0) is 19.1 Å². The minimum absolute atomic E-state index is 0.0579. The molecule has 0 aromatic carbocycles. The number of Topliss-reactive ketones (excluding diaryl/α,β-unsaturated/α-hetero) is 1. The van der Waals surface area contributed by atoms with Crippen LogP contribution in [0.15, 0.2) is 18.3 Å². The highest BCUT2D eigenvalue weighted by Gasteiger charge is 2.15. The topological polar surface area (TPSA) is 84.6 Å². The molecule has 0 unspecified atom stereocenters. The Morgan fingerprint density at radius 3 is 2.84 bits per heavy atom. The van der Waals surface area contributed by atoms with Gasteiger partial charge in [-0.1, -0.05) is 0 Å². The van der Waals surface area contributed by atoms with Gasteiger partial charge in [0, 0.05) is 33.2 Å². The Hall–Kier alpha value is -2.03. The van der Waals surface area contributed by atoms with E-state index in [1.165, 1.54) is 11.3 Å². The summed E-state index contributed by atoms with van der Waals surface area (Å²) in [5.41, 5.74) is 6.77. The molecule has 0 bridgehead atoms. The van der Waals surface area contributed by atoms with Crippen LogP contribution in [-0.4, -0.2) is 67.1 Å². The fraction of sp³-hybridized carbons (Fsp3) is 0.471. The zero-order valence-corrected chi connectivity index (χ0v) is 15.4. The molecule has 3 rings (SSSR count). The van der Waals surface area contributed by atoms with Crippen LogP contribution in [0.25, 0.3) is 10.6 Å². The van der Waals surface area contributed by atoms with E-state index in [1.54, 1.807) is 13.1 Å². The van der Waals surface area contributed by atoms with Gasteiger partial charge >= 0.3 is 0 Å². The van der Waals surface area contributed by atoms with Crippen molar-refractivity contribution in [3.63, 3.8) is 0 Å². The van der Waals surface area contributed by atoms with Crippen LogP contribution in [-0.2, 0) is 4.74 Å². The van der Waals surface area contributed by atoms with Crippen molar-refractivity contribution >= 4 is 28.8 Å². The van der Waals surface area contributed by atoms with Crippen LogP contribution in [0.2, 0.25) is 0 Å². The number of nitrogen functional groups attached to an aromatic ring is 1. The minimum atomic E-state index is 0.0579. The lowest BCUT2D eigenvalue weighted by molar-refractivity contribution is 0.0393. The molecule has 8 heteroatoms. The van der Waals surface area contributed by atoms with E-state index >= 15 is 0 Å². The second kappa shape index (κ2) is 7.90. The molecule has 0 spiro atoms. The molecule has 1 aliphatic heterocycles. The zero-order valence-electron chi connectivity index (χ0n) is 14.6. The van der Waals surface area contributed by atoms with Crippen molar-refractivity contribution in [2.24, 2.45) is 0 Å². The zero-order chi connectivity index (χ0) is 17.8. The van der Waals surface area contributed by atoms with Crippen molar-refractivity contribution in [1.82, 2.24) is 14.9 Å².